The number of hydrogen-bond donors (Lipinski definition) is 1. The maximum absolute atomic E-state index is 4.84. The Morgan fingerprint density at radius 2 is 2.40 bits per heavy atom. The van der Waals surface area contributed by atoms with E-state index in [0.717, 1.165) is 13.1 Å². The minimum atomic E-state index is 0.655. The molecule has 3 rings (SSSR count). The lowest BCUT2D eigenvalue weighted by atomic mass is 10.0. The molecular weight excluding hydrogens is 186 g/mol. The summed E-state index contributed by atoms with van der Waals surface area (Å²) in [6.07, 6.45) is 6.17. The molecule has 0 spiro atoms. The summed E-state index contributed by atoms with van der Waals surface area (Å²) < 4.78 is 2.38. The van der Waals surface area contributed by atoms with E-state index in [0.29, 0.717) is 11.8 Å². The molecule has 1 aromatic rings. The van der Waals surface area contributed by atoms with E-state index in [2.05, 4.69) is 23.0 Å². The predicted molar refractivity (Wildman–Crippen MR) is 60.1 cm³/mol. The van der Waals surface area contributed by atoms with Gasteiger partial charge in [0.25, 0.3) is 0 Å². The highest BCUT2D eigenvalue weighted by Gasteiger charge is 2.24. The first kappa shape index (κ1) is 9.40. The first-order chi connectivity index (χ1) is 7.34. The normalized spacial score (nSPS) is 30.5. The third-order valence-corrected chi connectivity index (χ3v) is 3.78. The van der Waals surface area contributed by atoms with Gasteiger partial charge in [0.2, 0.25) is 0 Å². The third kappa shape index (κ3) is 1.59. The van der Waals surface area contributed by atoms with Crippen LogP contribution >= 0.6 is 0 Å². The van der Waals surface area contributed by atoms with Crippen LogP contribution in [0.3, 0.4) is 0 Å². The summed E-state index contributed by atoms with van der Waals surface area (Å²) in [5, 5.41) is 3.41. The summed E-state index contributed by atoms with van der Waals surface area (Å²) in [5.74, 6) is 2.64. The van der Waals surface area contributed by atoms with Gasteiger partial charge >= 0.3 is 0 Å². The average Bonchev–Trinajstić information content (AvgIpc) is 2.86. The van der Waals surface area contributed by atoms with Gasteiger partial charge in [0.05, 0.1) is 5.69 Å². The lowest BCUT2D eigenvalue weighted by molar-refractivity contribution is 0.463. The fourth-order valence-electron chi connectivity index (χ4n) is 2.82. The number of fused-ring (bicyclic) bond motifs is 1. The quantitative estimate of drug-likeness (QED) is 0.758. The molecule has 0 radical (unpaired) electrons. The second-order valence-electron chi connectivity index (χ2n) is 4.95. The Balaban J connectivity index is 1.90. The highest BCUT2D eigenvalue weighted by molar-refractivity contribution is 5.15. The van der Waals surface area contributed by atoms with Gasteiger partial charge in [-0.1, -0.05) is 6.92 Å². The van der Waals surface area contributed by atoms with E-state index in [1.807, 2.05) is 0 Å². The van der Waals surface area contributed by atoms with Crippen LogP contribution in [-0.4, -0.2) is 22.6 Å². The van der Waals surface area contributed by atoms with E-state index >= 15 is 0 Å². The highest BCUT2D eigenvalue weighted by Crippen LogP contribution is 2.29. The van der Waals surface area contributed by atoms with Crippen LogP contribution < -0.4 is 5.32 Å². The maximum atomic E-state index is 4.84. The second-order valence-corrected chi connectivity index (χ2v) is 4.95. The second kappa shape index (κ2) is 3.63. The van der Waals surface area contributed by atoms with Crippen molar-refractivity contribution in [1.82, 2.24) is 14.9 Å². The molecule has 1 fully saturated rings. The SMILES string of the molecule is CC1CCCn2cc(C3CCNC3)nc21. The molecule has 2 aliphatic heterocycles. The van der Waals surface area contributed by atoms with Gasteiger partial charge in [-0.05, 0) is 25.8 Å². The van der Waals surface area contributed by atoms with E-state index in [4.69, 9.17) is 4.98 Å². The Labute approximate surface area is 90.9 Å². The molecule has 1 N–H and O–H groups in total. The van der Waals surface area contributed by atoms with E-state index in [-0.39, 0.29) is 0 Å². The first-order valence-corrected chi connectivity index (χ1v) is 6.12. The van der Waals surface area contributed by atoms with Crippen LogP contribution in [0.15, 0.2) is 6.20 Å². The predicted octanol–water partition coefficient (Wildman–Crippen LogP) is 1.86. The lowest BCUT2D eigenvalue weighted by Gasteiger charge is -2.19. The minimum absolute atomic E-state index is 0.655. The largest absolute Gasteiger partial charge is 0.334 e. The van der Waals surface area contributed by atoms with Crippen molar-refractivity contribution in [2.45, 2.75) is 44.6 Å². The van der Waals surface area contributed by atoms with Crippen LogP contribution in [0.2, 0.25) is 0 Å². The molecule has 2 aliphatic rings. The topological polar surface area (TPSA) is 29.9 Å². The zero-order chi connectivity index (χ0) is 10.3. The monoisotopic (exact) mass is 205 g/mol. The van der Waals surface area contributed by atoms with Crippen molar-refractivity contribution in [3.05, 3.63) is 17.7 Å². The summed E-state index contributed by atoms with van der Waals surface area (Å²) in [6, 6.07) is 0. The number of imidazole rings is 1. The van der Waals surface area contributed by atoms with Crippen molar-refractivity contribution < 1.29 is 0 Å². The van der Waals surface area contributed by atoms with Gasteiger partial charge in [0.15, 0.2) is 0 Å². The van der Waals surface area contributed by atoms with Crippen molar-refractivity contribution in [3.8, 4) is 0 Å². The molecule has 3 heteroatoms. The highest BCUT2D eigenvalue weighted by atomic mass is 15.1. The molecule has 1 aromatic heterocycles. The summed E-state index contributed by atoms with van der Waals surface area (Å²) in [7, 11) is 0. The summed E-state index contributed by atoms with van der Waals surface area (Å²) >= 11 is 0. The van der Waals surface area contributed by atoms with E-state index in [9.17, 15) is 0 Å². The van der Waals surface area contributed by atoms with Crippen LogP contribution in [0, 0.1) is 0 Å². The number of aromatic nitrogens is 2. The zero-order valence-electron chi connectivity index (χ0n) is 9.37. The van der Waals surface area contributed by atoms with Crippen molar-refractivity contribution >= 4 is 0 Å². The molecule has 3 nitrogen and oxygen atoms in total. The Morgan fingerprint density at radius 1 is 1.47 bits per heavy atom. The van der Waals surface area contributed by atoms with E-state index in [1.54, 1.807) is 0 Å². The number of nitrogens with zero attached hydrogens (tertiary/aromatic N) is 2. The molecule has 0 amide bonds. The molecule has 3 heterocycles. The van der Waals surface area contributed by atoms with Gasteiger partial charge in [0.1, 0.15) is 5.82 Å². The molecule has 2 atom stereocenters. The Kier molecular flexibility index (Phi) is 2.28. The van der Waals surface area contributed by atoms with Gasteiger partial charge in [-0.25, -0.2) is 4.98 Å². The van der Waals surface area contributed by atoms with Crippen molar-refractivity contribution in [2.75, 3.05) is 13.1 Å². The smallest absolute Gasteiger partial charge is 0.111 e. The lowest BCUT2D eigenvalue weighted by Crippen LogP contribution is -2.13. The molecule has 0 saturated carbocycles. The Bertz CT molecular complexity index is 350. The fourth-order valence-corrected chi connectivity index (χ4v) is 2.82. The number of aryl methyl sites for hydroxylation is 1. The number of rotatable bonds is 1. The molecule has 15 heavy (non-hydrogen) atoms. The van der Waals surface area contributed by atoms with Gasteiger partial charge in [-0.3, -0.25) is 0 Å². The van der Waals surface area contributed by atoms with Gasteiger partial charge in [-0.2, -0.15) is 0 Å². The Morgan fingerprint density at radius 3 is 3.13 bits per heavy atom. The van der Waals surface area contributed by atoms with Crippen LogP contribution in [-0.2, 0) is 6.54 Å². The average molecular weight is 205 g/mol. The van der Waals surface area contributed by atoms with Crippen LogP contribution in [0.25, 0.3) is 0 Å². The summed E-state index contributed by atoms with van der Waals surface area (Å²) in [5.41, 5.74) is 1.32. The molecule has 82 valence electrons. The summed E-state index contributed by atoms with van der Waals surface area (Å²) in [6.45, 7) is 5.74. The summed E-state index contributed by atoms with van der Waals surface area (Å²) in [4.78, 5) is 4.84. The molecular formula is C12H19N3. The van der Waals surface area contributed by atoms with Crippen molar-refractivity contribution in [1.29, 1.82) is 0 Å². The molecule has 1 saturated heterocycles. The molecule has 2 unspecified atom stereocenters. The number of nitrogens with one attached hydrogen (secondary N) is 1. The standard InChI is InChI=1S/C12H19N3/c1-9-3-2-6-15-8-11(14-12(9)15)10-4-5-13-7-10/h8-10,13H,2-7H2,1H3. The third-order valence-electron chi connectivity index (χ3n) is 3.78. The van der Waals surface area contributed by atoms with E-state index < -0.39 is 0 Å². The van der Waals surface area contributed by atoms with Crippen molar-refractivity contribution in [3.63, 3.8) is 0 Å². The fraction of sp³-hybridized carbons (Fsp3) is 0.750. The van der Waals surface area contributed by atoms with Gasteiger partial charge in [-0.15, -0.1) is 0 Å². The minimum Gasteiger partial charge on any atom is -0.334 e. The zero-order valence-corrected chi connectivity index (χ0v) is 9.37. The van der Waals surface area contributed by atoms with Crippen molar-refractivity contribution in [2.24, 2.45) is 0 Å². The van der Waals surface area contributed by atoms with Crippen LogP contribution in [0.4, 0.5) is 0 Å². The van der Waals surface area contributed by atoms with Crippen LogP contribution in [0.1, 0.15) is 49.5 Å². The number of hydrogen-bond acceptors (Lipinski definition) is 2. The van der Waals surface area contributed by atoms with Crippen LogP contribution in [0.5, 0.6) is 0 Å². The molecule has 0 aliphatic carbocycles. The van der Waals surface area contributed by atoms with Gasteiger partial charge in [0, 0.05) is 31.1 Å². The van der Waals surface area contributed by atoms with Gasteiger partial charge < -0.3 is 9.88 Å². The first-order valence-electron chi connectivity index (χ1n) is 6.12. The molecule has 0 aromatic carbocycles. The molecule has 0 bridgehead atoms. The maximum Gasteiger partial charge on any atom is 0.111 e. The Hall–Kier alpha value is -0.830. The van der Waals surface area contributed by atoms with E-state index in [1.165, 1.54) is 37.3 Å².